The molecule has 19 heavy (non-hydrogen) atoms. The molecule has 0 spiro atoms. The zero-order valence-corrected chi connectivity index (χ0v) is 10.9. The van der Waals surface area contributed by atoms with E-state index in [1.807, 2.05) is 6.07 Å². The molecule has 1 atom stereocenters. The van der Waals surface area contributed by atoms with Crippen LogP contribution in [0.15, 0.2) is 18.2 Å². The van der Waals surface area contributed by atoms with Crippen LogP contribution >= 0.6 is 0 Å². The number of anilines is 1. The second-order valence-electron chi connectivity index (χ2n) is 4.52. The molecule has 1 heterocycles. The number of carbonyl (C=O) groups excluding carboxylic acids is 1. The van der Waals surface area contributed by atoms with Crippen LogP contribution in [0.4, 0.5) is 5.69 Å². The highest BCUT2D eigenvalue weighted by Gasteiger charge is 2.21. The predicted octanol–water partition coefficient (Wildman–Crippen LogP) is 1.65. The first-order valence-corrected chi connectivity index (χ1v) is 6.37. The lowest BCUT2D eigenvalue weighted by Crippen LogP contribution is -2.43. The first-order valence-electron chi connectivity index (χ1n) is 6.37. The van der Waals surface area contributed by atoms with E-state index in [1.165, 1.54) is 7.11 Å². The second kappa shape index (κ2) is 6.21. The van der Waals surface area contributed by atoms with Crippen molar-refractivity contribution in [3.63, 3.8) is 0 Å². The van der Waals surface area contributed by atoms with E-state index < -0.39 is 0 Å². The van der Waals surface area contributed by atoms with Gasteiger partial charge in [-0.1, -0.05) is 6.42 Å². The number of nitriles is 1. The summed E-state index contributed by atoms with van der Waals surface area (Å²) in [6, 6.07) is 6.86. The Morgan fingerprint density at radius 2 is 2.37 bits per heavy atom. The van der Waals surface area contributed by atoms with Crippen LogP contribution in [0.1, 0.15) is 24.8 Å². The summed E-state index contributed by atoms with van der Waals surface area (Å²) in [6.07, 6.45) is 3.03. The Labute approximate surface area is 112 Å². The number of ether oxygens (including phenoxy) is 1. The van der Waals surface area contributed by atoms with Crippen molar-refractivity contribution in [2.24, 2.45) is 0 Å². The largest absolute Gasteiger partial charge is 0.495 e. The summed E-state index contributed by atoms with van der Waals surface area (Å²) in [5.74, 6) is 0.450. The van der Waals surface area contributed by atoms with E-state index >= 15 is 0 Å². The summed E-state index contributed by atoms with van der Waals surface area (Å²) in [4.78, 5) is 12.1. The van der Waals surface area contributed by atoms with Gasteiger partial charge in [0.05, 0.1) is 30.5 Å². The van der Waals surface area contributed by atoms with Crippen molar-refractivity contribution in [1.82, 2.24) is 5.32 Å². The van der Waals surface area contributed by atoms with Crippen LogP contribution in [0.2, 0.25) is 0 Å². The van der Waals surface area contributed by atoms with E-state index in [9.17, 15) is 4.79 Å². The maximum absolute atomic E-state index is 12.1. The monoisotopic (exact) mass is 259 g/mol. The molecule has 100 valence electrons. The van der Waals surface area contributed by atoms with Gasteiger partial charge in [0.1, 0.15) is 5.75 Å². The SMILES string of the molecule is COc1cc(C#N)ccc1NC(=O)[C@@H]1CCCCN1. The maximum atomic E-state index is 12.1. The summed E-state index contributed by atoms with van der Waals surface area (Å²) >= 11 is 0. The average Bonchev–Trinajstić information content (AvgIpc) is 2.48. The van der Waals surface area contributed by atoms with Gasteiger partial charge in [-0.2, -0.15) is 5.26 Å². The molecule has 5 heteroatoms. The molecule has 0 bridgehead atoms. The molecule has 2 rings (SSSR count). The van der Waals surface area contributed by atoms with Gasteiger partial charge >= 0.3 is 0 Å². The molecule has 0 unspecified atom stereocenters. The van der Waals surface area contributed by atoms with E-state index in [1.54, 1.807) is 18.2 Å². The summed E-state index contributed by atoms with van der Waals surface area (Å²) in [7, 11) is 1.52. The lowest BCUT2D eigenvalue weighted by molar-refractivity contribution is -0.118. The topological polar surface area (TPSA) is 74.1 Å². The van der Waals surface area contributed by atoms with Gasteiger partial charge in [0.15, 0.2) is 0 Å². The van der Waals surface area contributed by atoms with Crippen LogP contribution in [0, 0.1) is 11.3 Å². The number of amides is 1. The molecule has 1 aromatic carbocycles. The molecule has 1 aliphatic rings. The Morgan fingerprint density at radius 3 is 3.00 bits per heavy atom. The molecule has 0 aromatic heterocycles. The van der Waals surface area contributed by atoms with E-state index in [0.29, 0.717) is 17.0 Å². The summed E-state index contributed by atoms with van der Waals surface area (Å²) in [5.41, 5.74) is 1.10. The van der Waals surface area contributed by atoms with Crippen LogP contribution in [0.3, 0.4) is 0 Å². The van der Waals surface area contributed by atoms with Crippen molar-refractivity contribution >= 4 is 11.6 Å². The maximum Gasteiger partial charge on any atom is 0.241 e. The van der Waals surface area contributed by atoms with Gasteiger partial charge in [-0.3, -0.25) is 4.79 Å². The highest BCUT2D eigenvalue weighted by atomic mass is 16.5. The predicted molar refractivity (Wildman–Crippen MR) is 72.0 cm³/mol. The van der Waals surface area contributed by atoms with Crippen LogP contribution in [0.25, 0.3) is 0 Å². The quantitative estimate of drug-likeness (QED) is 0.865. The molecule has 0 saturated carbocycles. The second-order valence-corrected chi connectivity index (χ2v) is 4.52. The number of nitrogens with one attached hydrogen (secondary N) is 2. The molecule has 1 saturated heterocycles. The number of methoxy groups -OCH3 is 1. The third-order valence-electron chi connectivity index (χ3n) is 3.22. The number of hydrogen-bond acceptors (Lipinski definition) is 4. The number of piperidine rings is 1. The van der Waals surface area contributed by atoms with E-state index in [0.717, 1.165) is 25.8 Å². The number of benzene rings is 1. The van der Waals surface area contributed by atoms with Crippen molar-refractivity contribution in [2.75, 3.05) is 19.0 Å². The summed E-state index contributed by atoms with van der Waals surface area (Å²) in [6.45, 7) is 0.878. The lowest BCUT2D eigenvalue weighted by Gasteiger charge is -2.23. The Hall–Kier alpha value is -2.06. The smallest absolute Gasteiger partial charge is 0.241 e. The van der Waals surface area contributed by atoms with Gasteiger partial charge in [0, 0.05) is 6.07 Å². The van der Waals surface area contributed by atoms with Crippen molar-refractivity contribution in [1.29, 1.82) is 5.26 Å². The third-order valence-corrected chi connectivity index (χ3v) is 3.22. The van der Waals surface area contributed by atoms with Crippen LogP contribution in [-0.2, 0) is 4.79 Å². The number of nitrogens with zero attached hydrogens (tertiary/aromatic N) is 1. The minimum Gasteiger partial charge on any atom is -0.495 e. The number of hydrogen-bond donors (Lipinski definition) is 2. The lowest BCUT2D eigenvalue weighted by atomic mass is 10.0. The van der Waals surface area contributed by atoms with Crippen molar-refractivity contribution in [3.05, 3.63) is 23.8 Å². The molecule has 1 amide bonds. The minimum absolute atomic E-state index is 0.0530. The van der Waals surface area contributed by atoms with Crippen LogP contribution in [-0.4, -0.2) is 25.6 Å². The Bertz CT molecular complexity index is 502. The molecule has 1 fully saturated rings. The number of rotatable bonds is 3. The van der Waals surface area contributed by atoms with E-state index in [-0.39, 0.29) is 11.9 Å². The van der Waals surface area contributed by atoms with E-state index in [4.69, 9.17) is 10.00 Å². The fourth-order valence-electron chi connectivity index (χ4n) is 2.16. The van der Waals surface area contributed by atoms with Crippen molar-refractivity contribution < 1.29 is 9.53 Å². The highest BCUT2D eigenvalue weighted by molar-refractivity contribution is 5.96. The Morgan fingerprint density at radius 1 is 1.53 bits per heavy atom. The zero-order valence-electron chi connectivity index (χ0n) is 10.9. The number of carbonyl (C=O) groups is 1. The first-order chi connectivity index (χ1) is 9.24. The van der Waals surface area contributed by atoms with Gasteiger partial charge in [-0.05, 0) is 31.5 Å². The summed E-state index contributed by atoms with van der Waals surface area (Å²) in [5, 5.41) is 14.9. The van der Waals surface area contributed by atoms with Gasteiger partial charge in [0.2, 0.25) is 5.91 Å². The first kappa shape index (κ1) is 13.4. The molecule has 1 aliphatic heterocycles. The molecular weight excluding hydrogens is 242 g/mol. The van der Waals surface area contributed by atoms with Crippen molar-refractivity contribution in [2.45, 2.75) is 25.3 Å². The Balaban J connectivity index is 2.09. The Kier molecular flexibility index (Phi) is 4.37. The molecule has 0 radical (unpaired) electrons. The summed E-state index contributed by atoms with van der Waals surface area (Å²) < 4.78 is 5.19. The van der Waals surface area contributed by atoms with Gasteiger partial charge < -0.3 is 15.4 Å². The van der Waals surface area contributed by atoms with Gasteiger partial charge in [-0.25, -0.2) is 0 Å². The standard InChI is InChI=1S/C14H17N3O2/c1-19-13-8-10(9-15)5-6-11(13)17-14(18)12-4-2-3-7-16-12/h5-6,8,12,16H,2-4,7H2,1H3,(H,17,18)/t12-/m0/s1. The van der Waals surface area contributed by atoms with Gasteiger partial charge in [-0.15, -0.1) is 0 Å². The molecule has 2 N–H and O–H groups in total. The van der Waals surface area contributed by atoms with Crippen LogP contribution in [0.5, 0.6) is 5.75 Å². The highest BCUT2D eigenvalue weighted by Crippen LogP contribution is 2.25. The fourth-order valence-corrected chi connectivity index (χ4v) is 2.16. The molecule has 0 aliphatic carbocycles. The molecular formula is C14H17N3O2. The third kappa shape index (κ3) is 3.24. The van der Waals surface area contributed by atoms with E-state index in [2.05, 4.69) is 10.6 Å². The minimum atomic E-state index is -0.144. The van der Waals surface area contributed by atoms with Crippen LogP contribution < -0.4 is 15.4 Å². The zero-order chi connectivity index (χ0) is 13.7. The van der Waals surface area contributed by atoms with Crippen molar-refractivity contribution in [3.8, 4) is 11.8 Å². The van der Waals surface area contributed by atoms with Gasteiger partial charge in [0.25, 0.3) is 0 Å². The molecule has 5 nitrogen and oxygen atoms in total. The fraction of sp³-hybridized carbons (Fsp3) is 0.429. The normalized spacial score (nSPS) is 18.4. The average molecular weight is 259 g/mol. The molecule has 1 aromatic rings.